The first-order chi connectivity index (χ1) is 15.9. The third kappa shape index (κ3) is 3.65. The molecule has 4 aromatic rings. The monoisotopic (exact) mass is 442 g/mol. The Morgan fingerprint density at radius 3 is 2.73 bits per heavy atom. The van der Waals surface area contributed by atoms with Crippen molar-refractivity contribution in [2.45, 2.75) is 26.2 Å². The highest BCUT2D eigenvalue weighted by Gasteiger charge is 2.54. The fourth-order valence-corrected chi connectivity index (χ4v) is 4.70. The molecule has 1 aliphatic carbocycles. The smallest absolute Gasteiger partial charge is 0.229 e. The summed E-state index contributed by atoms with van der Waals surface area (Å²) in [7, 11) is 1.89. The van der Waals surface area contributed by atoms with Crippen molar-refractivity contribution in [1.82, 2.24) is 24.7 Å². The van der Waals surface area contributed by atoms with E-state index in [1.807, 2.05) is 38.5 Å². The maximum atomic E-state index is 13.1. The Hall–Kier alpha value is -4.01. The highest BCUT2D eigenvalue weighted by atomic mass is 16.2. The molecule has 5 N–H and O–H groups in total. The zero-order valence-electron chi connectivity index (χ0n) is 18.8. The van der Waals surface area contributed by atoms with Gasteiger partial charge in [-0.05, 0) is 41.5 Å². The highest BCUT2D eigenvalue weighted by molar-refractivity contribution is 5.99. The summed E-state index contributed by atoms with van der Waals surface area (Å²) in [5, 5.41) is 8.80. The van der Waals surface area contributed by atoms with Gasteiger partial charge in [-0.3, -0.25) is 14.5 Å². The molecule has 9 heteroatoms. The Labute approximate surface area is 191 Å². The van der Waals surface area contributed by atoms with Crippen LogP contribution in [0.25, 0.3) is 22.0 Å². The first kappa shape index (κ1) is 20.9. The van der Waals surface area contributed by atoms with Crippen LogP contribution in [0.15, 0.2) is 43.1 Å². The van der Waals surface area contributed by atoms with Crippen LogP contribution >= 0.6 is 0 Å². The molecule has 1 aliphatic rings. The summed E-state index contributed by atoms with van der Waals surface area (Å²) in [4.78, 5) is 26.2. The highest BCUT2D eigenvalue weighted by Crippen LogP contribution is 2.56. The van der Waals surface area contributed by atoms with E-state index >= 15 is 0 Å². The van der Waals surface area contributed by atoms with E-state index < -0.39 is 0 Å². The van der Waals surface area contributed by atoms with Gasteiger partial charge in [-0.15, -0.1) is 0 Å². The average molecular weight is 443 g/mol. The molecule has 1 amide bonds. The molecule has 1 fully saturated rings. The first-order valence-corrected chi connectivity index (χ1v) is 10.9. The standard InChI is InChI=1S/C24H26N8O/c1-4-15-21(14-7-29-32(3)11-14)22(15)24(33)31-20-6-13-5-19(30-23(26)17(13)9-28-20)16-8-27-10-18(25)12(16)2/h5-11,15,21-22H,4,25H2,1-3H3,(H2,26,30)(H,28,31,33). The van der Waals surface area contributed by atoms with Crippen LogP contribution in [-0.2, 0) is 11.8 Å². The number of anilines is 3. The van der Waals surface area contributed by atoms with E-state index in [2.05, 4.69) is 32.3 Å². The van der Waals surface area contributed by atoms with Gasteiger partial charge in [0.15, 0.2) is 0 Å². The van der Waals surface area contributed by atoms with Crippen molar-refractivity contribution in [2.75, 3.05) is 16.8 Å². The molecular formula is C24H26N8O. The van der Waals surface area contributed by atoms with E-state index in [1.165, 1.54) is 0 Å². The molecule has 3 unspecified atom stereocenters. The molecule has 5 rings (SSSR count). The topological polar surface area (TPSA) is 138 Å². The summed E-state index contributed by atoms with van der Waals surface area (Å²) in [6.07, 6.45) is 9.74. The molecule has 168 valence electrons. The van der Waals surface area contributed by atoms with Gasteiger partial charge in [0.2, 0.25) is 5.91 Å². The van der Waals surface area contributed by atoms with Gasteiger partial charge in [-0.25, -0.2) is 9.97 Å². The number of hydrogen-bond acceptors (Lipinski definition) is 7. The number of fused-ring (bicyclic) bond motifs is 1. The Bertz CT molecular complexity index is 1380. The van der Waals surface area contributed by atoms with E-state index in [-0.39, 0.29) is 17.7 Å². The van der Waals surface area contributed by atoms with Crippen LogP contribution < -0.4 is 16.8 Å². The van der Waals surface area contributed by atoms with Gasteiger partial charge in [-0.2, -0.15) is 5.10 Å². The van der Waals surface area contributed by atoms with Crippen molar-refractivity contribution in [1.29, 1.82) is 0 Å². The Morgan fingerprint density at radius 1 is 1.18 bits per heavy atom. The van der Waals surface area contributed by atoms with Crippen molar-refractivity contribution in [3.63, 3.8) is 0 Å². The van der Waals surface area contributed by atoms with Crippen LogP contribution in [-0.4, -0.2) is 30.6 Å². The second kappa shape index (κ2) is 7.84. The number of nitrogens with one attached hydrogen (secondary N) is 1. The van der Waals surface area contributed by atoms with Crippen molar-refractivity contribution in [3.8, 4) is 11.3 Å². The summed E-state index contributed by atoms with van der Waals surface area (Å²) in [5.41, 5.74) is 16.3. The molecule has 0 aliphatic heterocycles. The van der Waals surface area contributed by atoms with Crippen LogP contribution in [0.1, 0.15) is 30.4 Å². The van der Waals surface area contributed by atoms with Gasteiger partial charge in [0.05, 0.1) is 23.8 Å². The summed E-state index contributed by atoms with van der Waals surface area (Å²) in [5.74, 6) is 1.23. The van der Waals surface area contributed by atoms with Crippen LogP contribution in [0, 0.1) is 18.8 Å². The number of aromatic nitrogens is 5. The molecule has 4 heterocycles. The lowest BCUT2D eigenvalue weighted by molar-refractivity contribution is -0.117. The van der Waals surface area contributed by atoms with Crippen molar-refractivity contribution < 1.29 is 4.79 Å². The number of aryl methyl sites for hydroxylation is 1. The molecule has 0 bridgehead atoms. The van der Waals surface area contributed by atoms with E-state index in [0.29, 0.717) is 28.9 Å². The SMILES string of the molecule is CCC1C(C(=O)Nc2cc3cc(-c4cncc(N)c4C)nc(N)c3cn2)C1c1cnn(C)c1. The number of nitrogen functional groups attached to an aromatic ring is 2. The van der Waals surface area contributed by atoms with E-state index in [0.717, 1.165) is 33.9 Å². The van der Waals surface area contributed by atoms with Crippen molar-refractivity contribution in [3.05, 3.63) is 54.2 Å². The minimum atomic E-state index is -0.0872. The number of pyridine rings is 3. The second-order valence-electron chi connectivity index (χ2n) is 8.64. The van der Waals surface area contributed by atoms with Crippen LogP contribution in [0.4, 0.5) is 17.3 Å². The Morgan fingerprint density at radius 2 is 2.00 bits per heavy atom. The summed E-state index contributed by atoms with van der Waals surface area (Å²) < 4.78 is 1.77. The van der Waals surface area contributed by atoms with E-state index in [1.54, 1.807) is 23.3 Å². The minimum absolute atomic E-state index is 0.0271. The lowest BCUT2D eigenvalue weighted by atomic mass is 10.0. The van der Waals surface area contributed by atoms with Gasteiger partial charge in [0.25, 0.3) is 0 Å². The predicted octanol–water partition coefficient (Wildman–Crippen LogP) is 3.28. The third-order valence-electron chi connectivity index (χ3n) is 6.58. The minimum Gasteiger partial charge on any atom is -0.397 e. The second-order valence-corrected chi connectivity index (χ2v) is 8.64. The maximum Gasteiger partial charge on any atom is 0.229 e. The van der Waals surface area contributed by atoms with Crippen LogP contribution in [0.5, 0.6) is 0 Å². The molecule has 9 nitrogen and oxygen atoms in total. The Balaban J connectivity index is 1.43. The summed E-state index contributed by atoms with van der Waals surface area (Å²) in [6, 6.07) is 3.74. The fourth-order valence-electron chi connectivity index (χ4n) is 4.70. The first-order valence-electron chi connectivity index (χ1n) is 10.9. The van der Waals surface area contributed by atoms with Gasteiger partial charge in [0, 0.05) is 48.4 Å². The molecule has 3 atom stereocenters. The molecule has 0 radical (unpaired) electrons. The van der Waals surface area contributed by atoms with E-state index in [9.17, 15) is 4.79 Å². The predicted molar refractivity (Wildman–Crippen MR) is 128 cm³/mol. The molecule has 1 saturated carbocycles. The normalized spacial score (nSPS) is 19.5. The van der Waals surface area contributed by atoms with Crippen molar-refractivity contribution in [2.24, 2.45) is 18.9 Å². The summed E-state index contributed by atoms with van der Waals surface area (Å²) in [6.45, 7) is 4.03. The van der Waals surface area contributed by atoms with Crippen LogP contribution in [0.3, 0.4) is 0 Å². The van der Waals surface area contributed by atoms with Crippen molar-refractivity contribution >= 4 is 34.0 Å². The zero-order valence-corrected chi connectivity index (χ0v) is 18.8. The molecular weight excluding hydrogens is 416 g/mol. The fraction of sp³-hybridized carbons (Fsp3) is 0.292. The largest absolute Gasteiger partial charge is 0.397 e. The number of hydrogen-bond donors (Lipinski definition) is 3. The van der Waals surface area contributed by atoms with E-state index in [4.69, 9.17) is 11.5 Å². The number of carbonyl (C=O) groups excluding carboxylic acids is 1. The van der Waals surface area contributed by atoms with Crippen LogP contribution in [0.2, 0.25) is 0 Å². The number of carbonyl (C=O) groups is 1. The third-order valence-corrected chi connectivity index (χ3v) is 6.58. The van der Waals surface area contributed by atoms with Gasteiger partial charge < -0.3 is 16.8 Å². The number of nitrogens with two attached hydrogens (primary N) is 2. The molecule has 0 spiro atoms. The number of nitrogens with zero attached hydrogens (tertiary/aromatic N) is 5. The summed E-state index contributed by atoms with van der Waals surface area (Å²) >= 11 is 0. The molecule has 4 aromatic heterocycles. The lowest BCUT2D eigenvalue weighted by Crippen LogP contribution is -2.16. The van der Waals surface area contributed by atoms with Gasteiger partial charge >= 0.3 is 0 Å². The zero-order chi connectivity index (χ0) is 23.3. The van der Waals surface area contributed by atoms with Gasteiger partial charge in [0.1, 0.15) is 11.6 Å². The average Bonchev–Trinajstić information content (AvgIpc) is 3.38. The maximum absolute atomic E-state index is 13.1. The quantitative estimate of drug-likeness (QED) is 0.431. The Kier molecular flexibility index (Phi) is 4.96. The van der Waals surface area contributed by atoms with Gasteiger partial charge in [-0.1, -0.05) is 13.3 Å². The molecule has 0 aromatic carbocycles. The molecule has 0 saturated heterocycles. The molecule has 33 heavy (non-hydrogen) atoms. The lowest BCUT2D eigenvalue weighted by Gasteiger charge is -2.11. The number of amides is 1. The number of rotatable bonds is 5.